The maximum atomic E-state index is 13.2. The third-order valence-electron chi connectivity index (χ3n) is 5.95. The minimum Gasteiger partial charge on any atom is -0.506 e. The Morgan fingerprint density at radius 1 is 1.34 bits per heavy atom. The van der Waals surface area contributed by atoms with E-state index in [-0.39, 0.29) is 17.6 Å². The molecule has 0 saturated carbocycles. The highest BCUT2D eigenvalue weighted by Gasteiger charge is 2.35. The van der Waals surface area contributed by atoms with E-state index in [1.54, 1.807) is 30.2 Å². The van der Waals surface area contributed by atoms with Crippen molar-refractivity contribution in [3.8, 4) is 11.5 Å². The summed E-state index contributed by atoms with van der Waals surface area (Å²) in [6.45, 7) is 3.21. The van der Waals surface area contributed by atoms with Crippen LogP contribution in [0.2, 0.25) is 0 Å². The summed E-state index contributed by atoms with van der Waals surface area (Å²) in [7, 11) is 5.65. The average molecular weight is 454 g/mol. The zero-order chi connectivity index (χ0) is 23.0. The largest absolute Gasteiger partial charge is 0.506 e. The molecule has 168 valence electrons. The number of carbonyl (C=O) groups excluding carboxylic acids is 1. The topological polar surface area (TPSA) is 68.8 Å². The average Bonchev–Trinajstić information content (AvgIpc) is 3.30. The molecular weight excluding hydrogens is 426 g/mol. The first-order valence-electron chi connectivity index (χ1n) is 10.5. The quantitative estimate of drug-likeness (QED) is 0.421. The van der Waals surface area contributed by atoms with Crippen LogP contribution in [0.15, 0.2) is 36.4 Å². The molecule has 0 saturated heterocycles. The van der Waals surface area contributed by atoms with E-state index in [9.17, 15) is 9.90 Å². The Bertz CT molecular complexity index is 1180. The number of anilines is 1. The molecule has 1 unspecified atom stereocenters. The highest BCUT2D eigenvalue weighted by molar-refractivity contribution is 6.19. The third kappa shape index (κ3) is 3.96. The predicted molar refractivity (Wildman–Crippen MR) is 130 cm³/mol. The highest BCUT2D eigenvalue weighted by atomic mass is 35.5. The van der Waals surface area contributed by atoms with Gasteiger partial charge in [0.2, 0.25) is 0 Å². The lowest BCUT2D eigenvalue weighted by Gasteiger charge is -2.16. The fraction of sp³-hybridized carbons (Fsp3) is 0.320. The number of aromatic amines is 1. The number of rotatable bonds is 6. The number of fused-ring (bicyclic) bond motifs is 3. The summed E-state index contributed by atoms with van der Waals surface area (Å²) >= 11 is 6.36. The maximum absolute atomic E-state index is 13.2. The van der Waals surface area contributed by atoms with Crippen molar-refractivity contribution in [3.05, 3.63) is 58.8 Å². The lowest BCUT2D eigenvalue weighted by molar-refractivity contribution is -0.114. The fourth-order valence-corrected chi connectivity index (χ4v) is 4.68. The van der Waals surface area contributed by atoms with Gasteiger partial charge >= 0.3 is 0 Å². The van der Waals surface area contributed by atoms with Crippen LogP contribution in [0.5, 0.6) is 11.5 Å². The summed E-state index contributed by atoms with van der Waals surface area (Å²) in [6, 6.07) is 9.18. The first-order chi connectivity index (χ1) is 15.3. The van der Waals surface area contributed by atoms with Gasteiger partial charge in [0.1, 0.15) is 11.5 Å². The molecule has 2 heterocycles. The van der Waals surface area contributed by atoms with Gasteiger partial charge < -0.3 is 24.6 Å². The number of hydrogen-bond acceptors (Lipinski definition) is 4. The summed E-state index contributed by atoms with van der Waals surface area (Å²) in [5.41, 5.74) is 5.49. The molecule has 0 fully saturated rings. The zero-order valence-electron chi connectivity index (χ0n) is 18.8. The number of benzene rings is 2. The number of phenolic OH excluding ortho intramolecular Hbond substituents is 1. The van der Waals surface area contributed by atoms with Crippen LogP contribution in [0, 0.1) is 6.92 Å². The van der Waals surface area contributed by atoms with Crippen molar-refractivity contribution >= 4 is 40.2 Å². The number of alkyl halides is 1. The molecule has 0 bridgehead atoms. The minimum atomic E-state index is -0.144. The number of halogens is 1. The number of aromatic nitrogens is 1. The Morgan fingerprint density at radius 2 is 2.06 bits per heavy atom. The Labute approximate surface area is 193 Å². The Balaban J connectivity index is 1.75. The normalized spacial score (nSPS) is 15.8. The van der Waals surface area contributed by atoms with Gasteiger partial charge in [-0.3, -0.25) is 4.79 Å². The first kappa shape index (κ1) is 22.2. The van der Waals surface area contributed by atoms with E-state index in [0.717, 1.165) is 45.8 Å². The number of phenols is 1. The number of ether oxygens (including phenoxy) is 1. The lowest BCUT2D eigenvalue weighted by Crippen LogP contribution is -2.28. The van der Waals surface area contributed by atoms with Crippen LogP contribution in [0.25, 0.3) is 17.0 Å². The SMILES string of the molecule is COc1ccc(/C=C/C(=O)N2CC(CCl)c3c2cc(O)c2[nH]c(C)c(CN(C)C)c32)cc1. The van der Waals surface area contributed by atoms with Gasteiger partial charge in [0, 0.05) is 48.1 Å². The number of nitrogens with zero attached hydrogens (tertiary/aromatic N) is 2. The van der Waals surface area contributed by atoms with Crippen molar-refractivity contribution in [2.24, 2.45) is 0 Å². The zero-order valence-corrected chi connectivity index (χ0v) is 19.5. The van der Waals surface area contributed by atoms with Crippen molar-refractivity contribution in [1.29, 1.82) is 0 Å². The molecule has 3 aromatic rings. The van der Waals surface area contributed by atoms with Crippen molar-refractivity contribution in [2.75, 3.05) is 38.5 Å². The number of amides is 1. The minimum absolute atomic E-state index is 0.00999. The molecule has 0 spiro atoms. The smallest absolute Gasteiger partial charge is 0.251 e. The van der Waals surface area contributed by atoms with Crippen molar-refractivity contribution in [1.82, 2.24) is 9.88 Å². The number of aromatic hydroxyl groups is 1. The van der Waals surface area contributed by atoms with Crippen LogP contribution in [-0.2, 0) is 11.3 Å². The number of aryl methyl sites for hydroxylation is 1. The predicted octanol–water partition coefficient (Wildman–Crippen LogP) is 4.63. The number of nitrogens with one attached hydrogen (secondary N) is 1. The molecule has 1 amide bonds. The van der Waals surface area contributed by atoms with Crippen LogP contribution in [-0.4, -0.2) is 54.5 Å². The van der Waals surface area contributed by atoms with Gasteiger partial charge in [0.15, 0.2) is 0 Å². The number of H-pyrrole nitrogens is 1. The molecule has 4 rings (SSSR count). The first-order valence-corrected chi connectivity index (χ1v) is 11.1. The van der Waals surface area contributed by atoms with E-state index < -0.39 is 0 Å². The van der Waals surface area contributed by atoms with E-state index in [4.69, 9.17) is 16.3 Å². The molecule has 1 aliphatic heterocycles. The van der Waals surface area contributed by atoms with Crippen molar-refractivity contribution < 1.29 is 14.6 Å². The van der Waals surface area contributed by atoms with E-state index in [0.29, 0.717) is 17.9 Å². The molecule has 0 aliphatic carbocycles. The summed E-state index contributed by atoms with van der Waals surface area (Å²) in [4.78, 5) is 20.3. The molecular formula is C25H28ClN3O3. The van der Waals surface area contributed by atoms with Gasteiger partial charge in [-0.2, -0.15) is 0 Å². The lowest BCUT2D eigenvalue weighted by atomic mass is 9.95. The Hall–Kier alpha value is -2.96. The number of hydrogen-bond donors (Lipinski definition) is 2. The van der Waals surface area contributed by atoms with Crippen molar-refractivity contribution in [3.63, 3.8) is 0 Å². The van der Waals surface area contributed by atoms with Gasteiger partial charge in [-0.15, -0.1) is 11.6 Å². The second-order valence-corrected chi connectivity index (χ2v) is 8.76. The Morgan fingerprint density at radius 3 is 2.69 bits per heavy atom. The van der Waals surface area contributed by atoms with Crippen LogP contribution in [0.3, 0.4) is 0 Å². The standard InChI is InChI=1S/C25H28ClN3O3/c1-15-19(14-28(2)3)24-23-17(12-26)13-29(20(23)11-21(30)25(24)27-15)22(31)10-7-16-5-8-18(32-4)9-6-16/h5-11,17,27,30H,12-14H2,1-4H3/b10-7+. The van der Waals surface area contributed by atoms with Gasteiger partial charge in [0.05, 0.1) is 18.3 Å². The highest BCUT2D eigenvalue weighted by Crippen LogP contribution is 2.47. The summed E-state index contributed by atoms with van der Waals surface area (Å²) in [5, 5.41) is 11.8. The van der Waals surface area contributed by atoms with Crippen LogP contribution in [0.1, 0.15) is 28.3 Å². The molecule has 1 aromatic heterocycles. The van der Waals surface area contributed by atoms with E-state index in [1.165, 1.54) is 0 Å². The number of methoxy groups -OCH3 is 1. The summed E-state index contributed by atoms with van der Waals surface area (Å²) in [5.74, 6) is 1.14. The monoisotopic (exact) mass is 453 g/mol. The van der Waals surface area contributed by atoms with Crippen LogP contribution in [0.4, 0.5) is 5.69 Å². The van der Waals surface area contributed by atoms with Gasteiger partial charge in [-0.25, -0.2) is 0 Å². The van der Waals surface area contributed by atoms with E-state index >= 15 is 0 Å². The van der Waals surface area contributed by atoms with E-state index in [2.05, 4.69) is 9.88 Å². The molecule has 1 aliphatic rings. The second kappa shape index (κ2) is 8.88. The molecule has 2 N–H and O–H groups in total. The molecule has 2 aromatic carbocycles. The summed E-state index contributed by atoms with van der Waals surface area (Å²) in [6.07, 6.45) is 3.35. The Kier molecular flexibility index (Phi) is 6.17. The molecule has 6 nitrogen and oxygen atoms in total. The van der Waals surface area contributed by atoms with Crippen LogP contribution < -0.4 is 9.64 Å². The van der Waals surface area contributed by atoms with Crippen molar-refractivity contribution in [2.45, 2.75) is 19.4 Å². The number of carbonyl (C=O) groups is 1. The van der Waals surface area contributed by atoms with Gasteiger partial charge in [-0.05, 0) is 55.9 Å². The second-order valence-electron chi connectivity index (χ2n) is 8.45. The molecule has 7 heteroatoms. The van der Waals surface area contributed by atoms with Gasteiger partial charge in [-0.1, -0.05) is 12.1 Å². The third-order valence-corrected chi connectivity index (χ3v) is 6.33. The van der Waals surface area contributed by atoms with Crippen LogP contribution >= 0.6 is 11.6 Å². The van der Waals surface area contributed by atoms with Gasteiger partial charge in [0.25, 0.3) is 5.91 Å². The fourth-order valence-electron chi connectivity index (χ4n) is 4.43. The molecule has 32 heavy (non-hydrogen) atoms. The maximum Gasteiger partial charge on any atom is 0.251 e. The molecule has 0 radical (unpaired) electrons. The molecule has 1 atom stereocenters. The van der Waals surface area contributed by atoms with E-state index in [1.807, 2.05) is 45.3 Å². The summed E-state index contributed by atoms with van der Waals surface area (Å²) < 4.78 is 5.18.